The molecule has 9 heteroatoms. The van der Waals surface area contributed by atoms with Gasteiger partial charge in [-0.2, -0.15) is 0 Å². The van der Waals surface area contributed by atoms with Crippen LogP contribution in [-0.2, 0) is 17.7 Å². The molecular weight excluding hydrogens is 521 g/mol. The van der Waals surface area contributed by atoms with E-state index in [9.17, 15) is 0 Å². The molecule has 2 N–H and O–H groups in total. The molecule has 3 rings (SSSR count). The highest BCUT2D eigenvalue weighted by molar-refractivity contribution is 14.0. The number of rotatable bonds is 8. The maximum Gasteiger partial charge on any atom is 0.191 e. The molecule has 32 heavy (non-hydrogen) atoms. The van der Waals surface area contributed by atoms with Crippen molar-refractivity contribution in [2.24, 2.45) is 4.99 Å². The molecule has 0 aliphatic carbocycles. The molecule has 0 bridgehead atoms. The van der Waals surface area contributed by atoms with E-state index in [1.165, 1.54) is 0 Å². The van der Waals surface area contributed by atoms with Crippen molar-refractivity contribution in [3.8, 4) is 11.5 Å². The summed E-state index contributed by atoms with van der Waals surface area (Å²) in [6.45, 7) is 6.00. The number of nitrogens with zero attached hydrogens (tertiary/aromatic N) is 3. The summed E-state index contributed by atoms with van der Waals surface area (Å²) in [5.74, 6) is 3.23. The van der Waals surface area contributed by atoms with Gasteiger partial charge in [0.2, 0.25) is 0 Å². The Kier molecular flexibility index (Phi) is 10.8. The molecule has 2 heterocycles. The number of aliphatic imine (C=N–C) groups is 1. The minimum atomic E-state index is 0. The van der Waals surface area contributed by atoms with Gasteiger partial charge >= 0.3 is 0 Å². The van der Waals surface area contributed by atoms with E-state index in [-0.39, 0.29) is 30.1 Å². The third kappa shape index (κ3) is 7.40. The SMILES string of the molecule is CN=C(NCCc1ccc(OC)c(OC)c1)NCc1ccc(N2CCOC(C)C2)nc1.I. The molecule has 0 spiro atoms. The maximum atomic E-state index is 5.60. The van der Waals surface area contributed by atoms with E-state index in [1.54, 1.807) is 21.3 Å². The molecular formula is C23H34IN5O3. The number of morpholine rings is 1. The maximum absolute atomic E-state index is 5.60. The topological polar surface area (TPSA) is 80.2 Å². The fraction of sp³-hybridized carbons (Fsp3) is 0.478. The lowest BCUT2D eigenvalue weighted by Crippen LogP contribution is -2.41. The highest BCUT2D eigenvalue weighted by atomic mass is 127. The monoisotopic (exact) mass is 555 g/mol. The second-order valence-corrected chi connectivity index (χ2v) is 7.44. The second-order valence-electron chi connectivity index (χ2n) is 7.44. The quantitative estimate of drug-likeness (QED) is 0.295. The van der Waals surface area contributed by atoms with E-state index in [4.69, 9.17) is 14.2 Å². The van der Waals surface area contributed by atoms with Crippen LogP contribution in [0.3, 0.4) is 0 Å². The van der Waals surface area contributed by atoms with Crippen LogP contribution in [0.25, 0.3) is 0 Å². The third-order valence-electron chi connectivity index (χ3n) is 5.21. The summed E-state index contributed by atoms with van der Waals surface area (Å²) in [5.41, 5.74) is 2.27. The minimum absolute atomic E-state index is 0. The van der Waals surface area contributed by atoms with Gasteiger partial charge in [-0.1, -0.05) is 12.1 Å². The van der Waals surface area contributed by atoms with Crippen LogP contribution in [-0.4, -0.2) is 64.6 Å². The molecule has 1 unspecified atom stereocenters. The molecule has 2 aromatic rings. The molecule has 0 amide bonds. The molecule has 176 valence electrons. The molecule has 1 fully saturated rings. The molecule has 8 nitrogen and oxygen atoms in total. The Morgan fingerprint density at radius 2 is 1.94 bits per heavy atom. The van der Waals surface area contributed by atoms with E-state index in [0.717, 1.165) is 67.1 Å². The largest absolute Gasteiger partial charge is 0.493 e. The highest BCUT2D eigenvalue weighted by Gasteiger charge is 2.17. The van der Waals surface area contributed by atoms with Crippen molar-refractivity contribution in [2.45, 2.75) is 26.0 Å². The Morgan fingerprint density at radius 3 is 2.59 bits per heavy atom. The summed E-state index contributed by atoms with van der Waals surface area (Å²) < 4.78 is 16.3. The van der Waals surface area contributed by atoms with Gasteiger partial charge in [-0.05, 0) is 42.7 Å². The normalized spacial score (nSPS) is 16.2. The summed E-state index contributed by atoms with van der Waals surface area (Å²) in [5, 5.41) is 6.69. The summed E-state index contributed by atoms with van der Waals surface area (Å²) in [7, 11) is 5.06. The van der Waals surface area contributed by atoms with Gasteiger partial charge in [-0.25, -0.2) is 4.98 Å². The fourth-order valence-corrected chi connectivity index (χ4v) is 3.50. The first-order valence-electron chi connectivity index (χ1n) is 10.6. The van der Waals surface area contributed by atoms with Gasteiger partial charge in [-0.3, -0.25) is 4.99 Å². The number of anilines is 1. The predicted octanol–water partition coefficient (Wildman–Crippen LogP) is 2.85. The van der Waals surface area contributed by atoms with Crippen LogP contribution in [0.2, 0.25) is 0 Å². The number of hydrogen-bond donors (Lipinski definition) is 2. The average molecular weight is 555 g/mol. The van der Waals surface area contributed by atoms with Crippen molar-refractivity contribution in [3.63, 3.8) is 0 Å². The summed E-state index contributed by atoms with van der Waals surface area (Å²) in [6, 6.07) is 10.1. The molecule has 1 atom stereocenters. The van der Waals surface area contributed by atoms with Crippen LogP contribution in [0.4, 0.5) is 5.82 Å². The number of hydrogen-bond acceptors (Lipinski definition) is 6. The van der Waals surface area contributed by atoms with Gasteiger partial charge in [-0.15, -0.1) is 24.0 Å². The van der Waals surface area contributed by atoms with Crippen LogP contribution in [0.5, 0.6) is 11.5 Å². The fourth-order valence-electron chi connectivity index (χ4n) is 3.50. The first-order valence-corrected chi connectivity index (χ1v) is 10.6. The number of aromatic nitrogens is 1. The van der Waals surface area contributed by atoms with Crippen molar-refractivity contribution in [3.05, 3.63) is 47.7 Å². The number of halogens is 1. The van der Waals surface area contributed by atoms with Gasteiger partial charge in [0.1, 0.15) is 5.82 Å². The smallest absolute Gasteiger partial charge is 0.191 e. The van der Waals surface area contributed by atoms with E-state index < -0.39 is 0 Å². The van der Waals surface area contributed by atoms with Crippen LogP contribution < -0.4 is 25.0 Å². The van der Waals surface area contributed by atoms with Gasteiger partial charge in [0.05, 0.1) is 26.9 Å². The number of pyridine rings is 1. The highest BCUT2D eigenvalue weighted by Crippen LogP contribution is 2.27. The zero-order chi connectivity index (χ0) is 22.1. The van der Waals surface area contributed by atoms with Crippen LogP contribution in [0, 0.1) is 0 Å². The van der Waals surface area contributed by atoms with E-state index in [1.807, 2.05) is 24.4 Å². The summed E-state index contributed by atoms with van der Waals surface area (Å²) in [4.78, 5) is 11.2. The standard InChI is InChI=1S/C23H33N5O3.HI/c1-17-16-28(11-12-31-17)22-8-6-19(14-26-22)15-27-23(24-2)25-10-9-18-5-7-20(29-3)21(13-18)30-4;/h5-8,13-14,17H,9-12,15-16H2,1-4H3,(H2,24,25,27);1H. The predicted molar refractivity (Wildman–Crippen MR) is 139 cm³/mol. The molecule has 0 radical (unpaired) electrons. The first kappa shape index (κ1) is 26.0. The number of benzene rings is 1. The number of guanidine groups is 1. The zero-order valence-corrected chi connectivity index (χ0v) is 21.6. The van der Waals surface area contributed by atoms with Crippen LogP contribution in [0.15, 0.2) is 41.5 Å². The Labute approximate surface area is 207 Å². The van der Waals surface area contributed by atoms with Gasteiger partial charge in [0.15, 0.2) is 17.5 Å². The molecule has 1 saturated heterocycles. The van der Waals surface area contributed by atoms with Crippen LogP contribution in [0.1, 0.15) is 18.1 Å². The molecule has 1 aliphatic heterocycles. The minimum Gasteiger partial charge on any atom is -0.493 e. The van der Waals surface area contributed by atoms with Crippen molar-refractivity contribution in [2.75, 3.05) is 52.4 Å². The Bertz CT molecular complexity index is 863. The van der Waals surface area contributed by atoms with Gasteiger partial charge in [0, 0.05) is 39.4 Å². The Hall–Kier alpha value is -2.27. The molecule has 1 aromatic carbocycles. The lowest BCUT2D eigenvalue weighted by atomic mass is 10.1. The van der Waals surface area contributed by atoms with Crippen molar-refractivity contribution < 1.29 is 14.2 Å². The van der Waals surface area contributed by atoms with Gasteiger partial charge < -0.3 is 29.7 Å². The lowest BCUT2D eigenvalue weighted by molar-refractivity contribution is 0.0529. The van der Waals surface area contributed by atoms with Gasteiger partial charge in [0.25, 0.3) is 0 Å². The third-order valence-corrected chi connectivity index (χ3v) is 5.21. The molecule has 1 aromatic heterocycles. The number of nitrogens with one attached hydrogen (secondary N) is 2. The van der Waals surface area contributed by atoms with E-state index in [2.05, 4.69) is 44.6 Å². The van der Waals surface area contributed by atoms with Crippen molar-refractivity contribution >= 4 is 35.8 Å². The lowest BCUT2D eigenvalue weighted by Gasteiger charge is -2.32. The van der Waals surface area contributed by atoms with Crippen molar-refractivity contribution in [1.82, 2.24) is 15.6 Å². The van der Waals surface area contributed by atoms with E-state index in [0.29, 0.717) is 6.54 Å². The number of methoxy groups -OCH3 is 2. The Balaban J connectivity index is 0.00000363. The summed E-state index contributed by atoms with van der Waals surface area (Å²) >= 11 is 0. The summed E-state index contributed by atoms with van der Waals surface area (Å²) in [6.07, 6.45) is 3.00. The Morgan fingerprint density at radius 1 is 1.16 bits per heavy atom. The second kappa shape index (κ2) is 13.3. The average Bonchev–Trinajstić information content (AvgIpc) is 2.81. The first-order chi connectivity index (χ1) is 15.1. The van der Waals surface area contributed by atoms with Crippen LogP contribution >= 0.6 is 24.0 Å². The molecule has 1 aliphatic rings. The zero-order valence-electron chi connectivity index (χ0n) is 19.3. The van der Waals surface area contributed by atoms with E-state index >= 15 is 0 Å². The van der Waals surface area contributed by atoms with Crippen molar-refractivity contribution in [1.29, 1.82) is 0 Å². The molecule has 0 saturated carbocycles. The number of ether oxygens (including phenoxy) is 3.